The lowest BCUT2D eigenvalue weighted by atomic mass is 10.1. The molecule has 2 N–H and O–H groups in total. The van der Waals surface area contributed by atoms with Gasteiger partial charge in [0.25, 0.3) is 0 Å². The molecule has 0 fully saturated rings. The maximum atomic E-state index is 3.47. The van der Waals surface area contributed by atoms with E-state index in [2.05, 4.69) is 35.8 Å². The highest BCUT2D eigenvalue weighted by molar-refractivity contribution is 7.99. The van der Waals surface area contributed by atoms with Crippen molar-refractivity contribution in [2.45, 2.75) is 31.2 Å². The zero-order chi connectivity index (χ0) is 11.9. The highest BCUT2D eigenvalue weighted by Gasteiger charge is 2.09. The van der Waals surface area contributed by atoms with Crippen LogP contribution in [0.1, 0.15) is 24.5 Å². The smallest absolute Gasteiger partial charge is 0.0206 e. The van der Waals surface area contributed by atoms with E-state index in [1.807, 2.05) is 11.8 Å². The molecule has 1 aromatic rings. The summed E-state index contributed by atoms with van der Waals surface area (Å²) in [6, 6.07) is 6.93. The first kappa shape index (κ1) is 12.9. The third-order valence-corrected chi connectivity index (χ3v) is 4.23. The van der Waals surface area contributed by atoms with Crippen LogP contribution in [0.3, 0.4) is 0 Å². The molecule has 1 aromatic carbocycles. The van der Waals surface area contributed by atoms with Crippen LogP contribution < -0.4 is 10.6 Å². The second kappa shape index (κ2) is 7.04. The topological polar surface area (TPSA) is 24.1 Å². The fraction of sp³-hybridized carbons (Fsp3) is 0.571. The van der Waals surface area contributed by atoms with Crippen LogP contribution in [0.5, 0.6) is 0 Å². The number of thioether (sulfide) groups is 1. The van der Waals surface area contributed by atoms with Gasteiger partial charge >= 0.3 is 0 Å². The molecule has 0 aromatic heterocycles. The van der Waals surface area contributed by atoms with Crippen molar-refractivity contribution in [2.75, 3.05) is 25.4 Å². The molecule has 2 rings (SSSR count). The van der Waals surface area contributed by atoms with E-state index in [4.69, 9.17) is 0 Å². The predicted molar refractivity (Wildman–Crippen MR) is 75.7 cm³/mol. The molecule has 0 spiro atoms. The Morgan fingerprint density at radius 2 is 2.12 bits per heavy atom. The minimum absolute atomic E-state index is 0.989. The Labute approximate surface area is 109 Å². The molecule has 0 aliphatic carbocycles. The number of likely N-dealkylation sites (N-methyl/N-ethyl adjacent to an activating group) is 1. The predicted octanol–water partition coefficient (Wildman–Crippen LogP) is 2.42. The number of aryl methyl sites for hydroxylation is 1. The molecule has 1 heterocycles. The van der Waals surface area contributed by atoms with Gasteiger partial charge < -0.3 is 10.6 Å². The molecule has 1 aliphatic heterocycles. The van der Waals surface area contributed by atoms with Crippen LogP contribution in [-0.2, 0) is 13.0 Å². The van der Waals surface area contributed by atoms with Crippen molar-refractivity contribution >= 4 is 11.8 Å². The van der Waals surface area contributed by atoms with E-state index in [1.54, 1.807) is 5.56 Å². The van der Waals surface area contributed by atoms with E-state index >= 15 is 0 Å². The van der Waals surface area contributed by atoms with E-state index in [-0.39, 0.29) is 0 Å². The van der Waals surface area contributed by atoms with E-state index in [9.17, 15) is 0 Å². The Bertz CT molecular complexity index is 352. The lowest BCUT2D eigenvalue weighted by molar-refractivity contribution is 0.624. The lowest BCUT2D eigenvalue weighted by Crippen LogP contribution is -2.26. The van der Waals surface area contributed by atoms with Gasteiger partial charge in [0.2, 0.25) is 0 Å². The summed E-state index contributed by atoms with van der Waals surface area (Å²) in [5.74, 6) is 1.29. The third kappa shape index (κ3) is 4.02. The van der Waals surface area contributed by atoms with Gasteiger partial charge in [-0.15, -0.1) is 11.8 Å². The van der Waals surface area contributed by atoms with Gasteiger partial charge in [-0.25, -0.2) is 0 Å². The van der Waals surface area contributed by atoms with Gasteiger partial charge in [0.05, 0.1) is 0 Å². The highest BCUT2D eigenvalue weighted by Crippen LogP contribution is 2.30. The zero-order valence-electron chi connectivity index (χ0n) is 10.6. The van der Waals surface area contributed by atoms with Crippen LogP contribution in [0.15, 0.2) is 23.1 Å². The van der Waals surface area contributed by atoms with Crippen LogP contribution in [0.25, 0.3) is 0 Å². The molecule has 17 heavy (non-hydrogen) atoms. The summed E-state index contributed by atoms with van der Waals surface area (Å²) in [6.07, 6.45) is 2.59. The summed E-state index contributed by atoms with van der Waals surface area (Å²) in [5.41, 5.74) is 2.97. The van der Waals surface area contributed by atoms with Crippen LogP contribution in [0.2, 0.25) is 0 Å². The number of benzene rings is 1. The molecule has 0 amide bonds. The molecule has 0 unspecified atom stereocenters. The number of hydrogen-bond acceptors (Lipinski definition) is 3. The minimum atomic E-state index is 0.989. The van der Waals surface area contributed by atoms with Gasteiger partial charge in [0, 0.05) is 24.5 Å². The van der Waals surface area contributed by atoms with Crippen LogP contribution >= 0.6 is 11.8 Å². The van der Waals surface area contributed by atoms with Crippen molar-refractivity contribution in [3.05, 3.63) is 29.3 Å². The first-order valence-electron chi connectivity index (χ1n) is 6.56. The fourth-order valence-corrected chi connectivity index (χ4v) is 3.13. The van der Waals surface area contributed by atoms with Crippen LogP contribution in [-0.4, -0.2) is 25.4 Å². The zero-order valence-corrected chi connectivity index (χ0v) is 11.4. The average Bonchev–Trinajstić information content (AvgIpc) is 2.38. The van der Waals surface area contributed by atoms with Gasteiger partial charge in [-0.05, 0) is 42.3 Å². The normalized spacial score (nSPS) is 14.6. The van der Waals surface area contributed by atoms with Crippen molar-refractivity contribution in [2.24, 2.45) is 0 Å². The second-order valence-corrected chi connectivity index (χ2v) is 5.56. The fourth-order valence-electron chi connectivity index (χ4n) is 2.11. The van der Waals surface area contributed by atoms with Gasteiger partial charge in [-0.2, -0.15) is 0 Å². The quantitative estimate of drug-likeness (QED) is 0.758. The lowest BCUT2D eigenvalue weighted by Gasteiger charge is -2.16. The van der Waals surface area contributed by atoms with Gasteiger partial charge in [0.15, 0.2) is 0 Å². The molecular weight excluding hydrogens is 228 g/mol. The summed E-state index contributed by atoms with van der Waals surface area (Å²) in [5, 5.41) is 6.79. The summed E-state index contributed by atoms with van der Waals surface area (Å²) >= 11 is 2.00. The monoisotopic (exact) mass is 250 g/mol. The SMILES string of the molecule is CCNCCNCc1ccc2c(c1)CCCS2. The molecule has 1 aliphatic rings. The Hall–Kier alpha value is -0.510. The van der Waals surface area contributed by atoms with Crippen molar-refractivity contribution in [1.82, 2.24) is 10.6 Å². The minimum Gasteiger partial charge on any atom is -0.316 e. The molecule has 0 bridgehead atoms. The van der Waals surface area contributed by atoms with E-state index in [0.29, 0.717) is 0 Å². The maximum Gasteiger partial charge on any atom is 0.0206 e. The Morgan fingerprint density at radius 3 is 3.00 bits per heavy atom. The second-order valence-electron chi connectivity index (χ2n) is 4.42. The summed E-state index contributed by atoms with van der Waals surface area (Å²) < 4.78 is 0. The first-order valence-corrected chi connectivity index (χ1v) is 7.54. The standard InChI is InChI=1S/C14H22N2S/c1-2-15-7-8-16-11-12-5-6-14-13(10-12)4-3-9-17-14/h5-6,10,15-16H,2-4,7-9,11H2,1H3. The van der Waals surface area contributed by atoms with Crippen molar-refractivity contribution in [1.29, 1.82) is 0 Å². The summed E-state index contributed by atoms with van der Waals surface area (Å²) in [7, 11) is 0. The molecular formula is C14H22N2S. The largest absolute Gasteiger partial charge is 0.316 e. The average molecular weight is 250 g/mol. The molecule has 2 nitrogen and oxygen atoms in total. The van der Waals surface area contributed by atoms with E-state index in [0.717, 1.165) is 26.2 Å². The van der Waals surface area contributed by atoms with Crippen molar-refractivity contribution in [3.63, 3.8) is 0 Å². The first-order chi connectivity index (χ1) is 8.40. The van der Waals surface area contributed by atoms with Gasteiger partial charge in [0.1, 0.15) is 0 Å². The summed E-state index contributed by atoms with van der Waals surface area (Å²) in [4.78, 5) is 1.49. The van der Waals surface area contributed by atoms with Crippen LogP contribution in [0.4, 0.5) is 0 Å². The highest BCUT2D eigenvalue weighted by atomic mass is 32.2. The molecule has 94 valence electrons. The van der Waals surface area contributed by atoms with Gasteiger partial charge in [-0.3, -0.25) is 0 Å². The molecule has 0 radical (unpaired) electrons. The molecule has 3 heteroatoms. The van der Waals surface area contributed by atoms with Crippen molar-refractivity contribution < 1.29 is 0 Å². The molecule has 0 atom stereocenters. The number of fused-ring (bicyclic) bond motifs is 1. The molecule has 0 saturated heterocycles. The number of hydrogen-bond donors (Lipinski definition) is 2. The Morgan fingerprint density at radius 1 is 1.24 bits per heavy atom. The third-order valence-electron chi connectivity index (χ3n) is 3.03. The Balaban J connectivity index is 1.81. The summed E-state index contributed by atoms with van der Waals surface area (Å²) in [6.45, 7) is 6.28. The van der Waals surface area contributed by atoms with Gasteiger partial charge in [-0.1, -0.05) is 19.1 Å². The Kier molecular flexibility index (Phi) is 5.36. The number of rotatable bonds is 6. The molecule has 0 saturated carbocycles. The number of nitrogens with one attached hydrogen (secondary N) is 2. The van der Waals surface area contributed by atoms with E-state index in [1.165, 1.54) is 29.1 Å². The van der Waals surface area contributed by atoms with E-state index < -0.39 is 0 Å². The van der Waals surface area contributed by atoms with Crippen molar-refractivity contribution in [3.8, 4) is 0 Å². The van der Waals surface area contributed by atoms with Crippen LogP contribution in [0, 0.1) is 0 Å². The maximum absolute atomic E-state index is 3.47.